The molecule has 0 saturated carbocycles. The summed E-state index contributed by atoms with van der Waals surface area (Å²) in [6.07, 6.45) is 2.08. The zero-order valence-electron chi connectivity index (χ0n) is 17.6. The Morgan fingerprint density at radius 2 is 1.12 bits per heavy atom. The Morgan fingerprint density at radius 1 is 0.769 bits per heavy atom. The van der Waals surface area contributed by atoms with Crippen molar-refractivity contribution in [3.63, 3.8) is 0 Å². The van der Waals surface area contributed by atoms with Crippen molar-refractivity contribution in [2.24, 2.45) is 0 Å². The third kappa shape index (κ3) is 13.9. The summed E-state index contributed by atoms with van der Waals surface area (Å²) in [7, 11) is -0.838. The number of ether oxygens (including phenoxy) is 4. The van der Waals surface area contributed by atoms with Gasteiger partial charge in [0.25, 0.3) is 0 Å². The molecule has 156 valence electrons. The minimum atomic E-state index is -0.419. The number of nitrogens with zero attached hydrogens (tertiary/aromatic N) is 1. The Morgan fingerprint density at radius 3 is 1.38 bits per heavy atom. The predicted octanol–water partition coefficient (Wildman–Crippen LogP) is 1.50. The SMILES string of the molecule is CCOC(OCC)[SiH2]CCCN(CCC[SiH2]C(OCC)OCC)C(C)=O. The Labute approximate surface area is 164 Å². The lowest BCUT2D eigenvalue weighted by atomic mass is 10.3. The van der Waals surface area contributed by atoms with E-state index < -0.39 is 19.0 Å². The third-order valence-corrected chi connectivity index (χ3v) is 7.79. The molecule has 0 bridgehead atoms. The van der Waals surface area contributed by atoms with E-state index in [-0.39, 0.29) is 17.7 Å². The van der Waals surface area contributed by atoms with Crippen LogP contribution in [0, 0.1) is 0 Å². The molecule has 0 atom stereocenters. The van der Waals surface area contributed by atoms with E-state index in [2.05, 4.69) is 0 Å². The topological polar surface area (TPSA) is 57.2 Å². The standard InChI is InChI=1S/C18H41NO5Si2/c1-6-21-17(22-7-2)25-14-10-12-19(16(5)20)13-11-15-26-18(23-8-3)24-9-4/h17-18H,6-15,25-26H2,1-5H3. The van der Waals surface area contributed by atoms with Crippen molar-refractivity contribution in [1.82, 2.24) is 4.90 Å². The highest BCUT2D eigenvalue weighted by Gasteiger charge is 2.12. The Bertz CT molecular complexity index is 301. The van der Waals surface area contributed by atoms with Crippen molar-refractivity contribution < 1.29 is 23.7 Å². The van der Waals surface area contributed by atoms with Gasteiger partial charge in [0.15, 0.2) is 0 Å². The van der Waals surface area contributed by atoms with Crippen LogP contribution >= 0.6 is 0 Å². The summed E-state index contributed by atoms with van der Waals surface area (Å²) >= 11 is 0. The number of amides is 1. The predicted molar refractivity (Wildman–Crippen MR) is 112 cm³/mol. The van der Waals surface area contributed by atoms with Crippen LogP contribution in [-0.2, 0) is 23.7 Å². The van der Waals surface area contributed by atoms with Crippen LogP contribution < -0.4 is 0 Å². The molecule has 0 spiro atoms. The zero-order valence-corrected chi connectivity index (χ0v) is 20.5. The van der Waals surface area contributed by atoms with Gasteiger partial charge in [0.05, 0.1) is 19.0 Å². The molecule has 0 heterocycles. The van der Waals surface area contributed by atoms with Crippen molar-refractivity contribution >= 4 is 24.9 Å². The first kappa shape index (κ1) is 25.7. The lowest BCUT2D eigenvalue weighted by Crippen LogP contribution is -2.32. The average Bonchev–Trinajstić information content (AvgIpc) is 2.60. The fourth-order valence-corrected chi connectivity index (χ4v) is 6.13. The van der Waals surface area contributed by atoms with Gasteiger partial charge in [-0.05, 0) is 40.5 Å². The number of carbonyl (C=O) groups excluding carboxylic acids is 1. The molecule has 0 aliphatic heterocycles. The summed E-state index contributed by atoms with van der Waals surface area (Å²) in [5.74, 6) is 0.220. The smallest absolute Gasteiger partial charge is 0.219 e. The second-order valence-corrected chi connectivity index (χ2v) is 10.1. The molecule has 0 aliphatic carbocycles. The van der Waals surface area contributed by atoms with E-state index in [1.165, 1.54) is 0 Å². The summed E-state index contributed by atoms with van der Waals surface area (Å²) in [5, 5.41) is 0. The van der Waals surface area contributed by atoms with Crippen LogP contribution in [-0.4, -0.2) is 81.2 Å². The van der Waals surface area contributed by atoms with Crippen molar-refractivity contribution in [2.45, 2.75) is 71.4 Å². The van der Waals surface area contributed by atoms with Crippen molar-refractivity contribution in [3.8, 4) is 0 Å². The number of hydrogen-bond donors (Lipinski definition) is 0. The van der Waals surface area contributed by atoms with Crippen LogP contribution in [0.4, 0.5) is 0 Å². The van der Waals surface area contributed by atoms with E-state index >= 15 is 0 Å². The molecular weight excluding hydrogens is 366 g/mol. The summed E-state index contributed by atoms with van der Waals surface area (Å²) in [6, 6.07) is 2.28. The first-order valence-electron chi connectivity index (χ1n) is 10.3. The molecule has 0 aromatic carbocycles. The fourth-order valence-electron chi connectivity index (χ4n) is 2.83. The van der Waals surface area contributed by atoms with Crippen LogP contribution in [0.5, 0.6) is 0 Å². The monoisotopic (exact) mass is 407 g/mol. The van der Waals surface area contributed by atoms with Crippen molar-refractivity contribution in [2.75, 3.05) is 39.5 Å². The second-order valence-electron chi connectivity index (χ2n) is 6.18. The average molecular weight is 408 g/mol. The zero-order chi connectivity index (χ0) is 19.6. The molecule has 0 N–H and O–H groups in total. The normalized spacial score (nSPS) is 12.4. The Balaban J connectivity index is 4.00. The fraction of sp³-hybridized carbons (Fsp3) is 0.944. The first-order chi connectivity index (χ1) is 12.6. The molecule has 0 fully saturated rings. The minimum absolute atomic E-state index is 0.0239. The highest BCUT2D eigenvalue weighted by Crippen LogP contribution is 2.05. The van der Waals surface area contributed by atoms with Crippen LogP contribution in [0.1, 0.15) is 47.5 Å². The third-order valence-electron chi connectivity index (χ3n) is 4.09. The van der Waals surface area contributed by atoms with Crippen molar-refractivity contribution in [3.05, 3.63) is 0 Å². The van der Waals surface area contributed by atoms with E-state index in [0.717, 1.165) is 38.0 Å². The van der Waals surface area contributed by atoms with Gasteiger partial charge in [0.2, 0.25) is 5.91 Å². The highest BCUT2D eigenvalue weighted by atomic mass is 28.2. The first-order valence-corrected chi connectivity index (χ1v) is 13.9. The van der Waals surface area contributed by atoms with E-state index in [4.69, 9.17) is 18.9 Å². The van der Waals surface area contributed by atoms with Crippen LogP contribution in [0.15, 0.2) is 0 Å². The Kier molecular flexibility index (Phi) is 17.9. The van der Waals surface area contributed by atoms with E-state index in [9.17, 15) is 4.79 Å². The van der Waals surface area contributed by atoms with Gasteiger partial charge in [-0.3, -0.25) is 4.79 Å². The molecule has 0 radical (unpaired) electrons. The Hall–Kier alpha value is -0.256. The van der Waals surface area contributed by atoms with E-state index in [1.54, 1.807) is 6.92 Å². The summed E-state index contributed by atoms with van der Waals surface area (Å²) in [6.45, 7) is 14.2. The van der Waals surface area contributed by atoms with Gasteiger partial charge < -0.3 is 23.8 Å². The van der Waals surface area contributed by atoms with Crippen LogP contribution in [0.3, 0.4) is 0 Å². The number of rotatable bonds is 18. The molecular formula is C18H41NO5Si2. The highest BCUT2D eigenvalue weighted by molar-refractivity contribution is 6.36. The van der Waals surface area contributed by atoms with Crippen LogP contribution in [0.25, 0.3) is 0 Å². The summed E-state index contributed by atoms with van der Waals surface area (Å²) < 4.78 is 22.5. The minimum Gasteiger partial charge on any atom is -0.357 e. The van der Waals surface area contributed by atoms with E-state index in [1.807, 2.05) is 32.6 Å². The molecule has 0 aromatic rings. The second kappa shape index (κ2) is 18.1. The molecule has 0 unspecified atom stereocenters. The maximum atomic E-state index is 11.9. The van der Waals surface area contributed by atoms with E-state index in [0.29, 0.717) is 26.4 Å². The van der Waals surface area contributed by atoms with Gasteiger partial charge in [-0.15, -0.1) is 0 Å². The molecule has 0 saturated heterocycles. The van der Waals surface area contributed by atoms with Gasteiger partial charge in [-0.2, -0.15) is 0 Å². The van der Waals surface area contributed by atoms with Gasteiger partial charge in [-0.25, -0.2) is 0 Å². The lowest BCUT2D eigenvalue weighted by molar-refractivity contribution is -0.128. The van der Waals surface area contributed by atoms with Gasteiger partial charge in [0, 0.05) is 46.4 Å². The maximum Gasteiger partial charge on any atom is 0.219 e. The summed E-state index contributed by atoms with van der Waals surface area (Å²) in [4.78, 5) is 13.8. The maximum absolute atomic E-state index is 11.9. The molecule has 26 heavy (non-hydrogen) atoms. The van der Waals surface area contributed by atoms with Gasteiger partial charge in [0.1, 0.15) is 11.8 Å². The quantitative estimate of drug-likeness (QED) is 0.196. The molecule has 1 amide bonds. The summed E-state index contributed by atoms with van der Waals surface area (Å²) in [5.41, 5.74) is 0. The largest absolute Gasteiger partial charge is 0.357 e. The molecule has 0 rings (SSSR count). The molecule has 6 nitrogen and oxygen atoms in total. The van der Waals surface area contributed by atoms with Crippen molar-refractivity contribution in [1.29, 1.82) is 0 Å². The molecule has 8 heteroatoms. The molecule has 0 aliphatic rings. The van der Waals surface area contributed by atoms with Gasteiger partial charge in [-0.1, -0.05) is 12.1 Å². The molecule has 0 aromatic heterocycles. The lowest BCUT2D eigenvalue weighted by Gasteiger charge is -2.22. The number of carbonyl (C=O) groups is 1. The van der Waals surface area contributed by atoms with Gasteiger partial charge >= 0.3 is 0 Å². The number of hydrogen-bond acceptors (Lipinski definition) is 5. The van der Waals surface area contributed by atoms with Crippen LogP contribution in [0.2, 0.25) is 12.1 Å².